The lowest BCUT2D eigenvalue weighted by atomic mass is 10.1. The largest absolute Gasteiger partial charge is 0.377 e. The third kappa shape index (κ3) is 3.11. The standard InChI is InChI=1S/C14H14Cl2N2O/c1-9(11-4-3-5-12(15)14(11)16)17-10-6-7-13(19)18(2)8-10/h3-9,17H,1-2H3. The fraction of sp³-hybridized carbons (Fsp3) is 0.214. The molecule has 0 radical (unpaired) electrons. The molecule has 0 saturated carbocycles. The molecule has 0 saturated heterocycles. The smallest absolute Gasteiger partial charge is 0.250 e. The highest BCUT2D eigenvalue weighted by Gasteiger charge is 2.11. The first-order valence-corrected chi connectivity index (χ1v) is 6.62. The van der Waals surface area contributed by atoms with Crippen molar-refractivity contribution in [2.75, 3.05) is 5.32 Å². The zero-order valence-corrected chi connectivity index (χ0v) is 12.2. The lowest BCUT2D eigenvalue weighted by Crippen LogP contribution is -2.16. The Morgan fingerprint density at radius 3 is 2.63 bits per heavy atom. The molecule has 3 nitrogen and oxygen atoms in total. The molecule has 1 unspecified atom stereocenters. The number of pyridine rings is 1. The van der Waals surface area contributed by atoms with Crippen LogP contribution < -0.4 is 10.9 Å². The predicted octanol–water partition coefficient (Wildman–Crippen LogP) is 3.87. The number of nitrogens with zero attached hydrogens (tertiary/aromatic N) is 1. The molecule has 100 valence electrons. The van der Waals surface area contributed by atoms with Gasteiger partial charge in [0, 0.05) is 19.3 Å². The topological polar surface area (TPSA) is 34.0 Å². The summed E-state index contributed by atoms with van der Waals surface area (Å²) in [6.07, 6.45) is 1.75. The molecule has 0 spiro atoms. The summed E-state index contributed by atoms with van der Waals surface area (Å²) in [7, 11) is 1.71. The minimum absolute atomic E-state index is 0.0105. The molecule has 0 amide bonds. The summed E-state index contributed by atoms with van der Waals surface area (Å²) in [5.74, 6) is 0. The van der Waals surface area contributed by atoms with Crippen LogP contribution in [0.25, 0.3) is 0 Å². The van der Waals surface area contributed by atoms with Gasteiger partial charge in [-0.05, 0) is 24.6 Å². The highest BCUT2D eigenvalue weighted by Crippen LogP contribution is 2.31. The van der Waals surface area contributed by atoms with Gasteiger partial charge in [-0.15, -0.1) is 0 Å². The van der Waals surface area contributed by atoms with E-state index in [1.54, 1.807) is 25.4 Å². The summed E-state index contributed by atoms with van der Waals surface area (Å²) < 4.78 is 1.52. The molecule has 0 fully saturated rings. The summed E-state index contributed by atoms with van der Waals surface area (Å²) in [5, 5.41) is 4.38. The molecular formula is C14H14Cl2N2O. The minimum atomic E-state index is -0.0426. The molecule has 0 aliphatic heterocycles. The first kappa shape index (κ1) is 14.0. The van der Waals surface area contributed by atoms with E-state index < -0.39 is 0 Å². The molecule has 19 heavy (non-hydrogen) atoms. The summed E-state index contributed by atoms with van der Waals surface area (Å²) in [4.78, 5) is 11.3. The van der Waals surface area contributed by atoms with Crippen molar-refractivity contribution >= 4 is 28.9 Å². The Kier molecular flexibility index (Phi) is 4.17. The molecule has 0 bridgehead atoms. The summed E-state index contributed by atoms with van der Waals surface area (Å²) >= 11 is 12.2. The van der Waals surface area contributed by atoms with Gasteiger partial charge in [-0.25, -0.2) is 0 Å². The molecular weight excluding hydrogens is 283 g/mol. The fourth-order valence-corrected chi connectivity index (χ4v) is 2.33. The van der Waals surface area contributed by atoms with Gasteiger partial charge in [0.1, 0.15) is 0 Å². The fourth-order valence-electron chi connectivity index (χ4n) is 1.86. The Labute approximate surface area is 121 Å². The number of hydrogen-bond acceptors (Lipinski definition) is 2. The minimum Gasteiger partial charge on any atom is -0.377 e. The van der Waals surface area contributed by atoms with Crippen molar-refractivity contribution in [1.82, 2.24) is 4.57 Å². The van der Waals surface area contributed by atoms with E-state index in [1.807, 2.05) is 19.1 Å². The van der Waals surface area contributed by atoms with Gasteiger partial charge in [-0.2, -0.15) is 0 Å². The number of halogens is 2. The van der Waals surface area contributed by atoms with E-state index in [0.29, 0.717) is 10.0 Å². The number of nitrogens with one attached hydrogen (secondary N) is 1. The Morgan fingerprint density at radius 2 is 1.95 bits per heavy atom. The molecule has 5 heteroatoms. The molecule has 0 aliphatic carbocycles. The van der Waals surface area contributed by atoms with Gasteiger partial charge in [0.25, 0.3) is 0 Å². The van der Waals surface area contributed by atoms with Gasteiger partial charge in [-0.3, -0.25) is 4.79 Å². The first-order valence-electron chi connectivity index (χ1n) is 5.86. The zero-order valence-electron chi connectivity index (χ0n) is 10.7. The van der Waals surface area contributed by atoms with Gasteiger partial charge >= 0.3 is 0 Å². The molecule has 1 aromatic carbocycles. The van der Waals surface area contributed by atoms with Gasteiger partial charge in [0.2, 0.25) is 5.56 Å². The quantitative estimate of drug-likeness (QED) is 0.933. The Morgan fingerprint density at radius 1 is 1.21 bits per heavy atom. The lowest BCUT2D eigenvalue weighted by Gasteiger charge is -2.17. The van der Waals surface area contributed by atoms with Gasteiger partial charge in [-0.1, -0.05) is 35.3 Å². The monoisotopic (exact) mass is 296 g/mol. The second-order valence-corrected chi connectivity index (χ2v) is 5.16. The zero-order chi connectivity index (χ0) is 14.0. The van der Waals surface area contributed by atoms with E-state index in [2.05, 4.69) is 5.32 Å². The Hall–Kier alpha value is -1.45. The van der Waals surface area contributed by atoms with Crippen LogP contribution in [0.3, 0.4) is 0 Å². The van der Waals surface area contributed by atoms with Crippen LogP contribution >= 0.6 is 23.2 Å². The van der Waals surface area contributed by atoms with Gasteiger partial charge in [0.15, 0.2) is 0 Å². The average molecular weight is 297 g/mol. The van der Waals surface area contributed by atoms with Crippen molar-refractivity contribution in [2.45, 2.75) is 13.0 Å². The van der Waals surface area contributed by atoms with Crippen LogP contribution in [-0.4, -0.2) is 4.57 Å². The van der Waals surface area contributed by atoms with E-state index in [9.17, 15) is 4.79 Å². The van der Waals surface area contributed by atoms with E-state index in [4.69, 9.17) is 23.2 Å². The average Bonchev–Trinajstić information content (AvgIpc) is 2.37. The highest BCUT2D eigenvalue weighted by molar-refractivity contribution is 6.42. The molecule has 1 aromatic heterocycles. The van der Waals surface area contributed by atoms with E-state index in [-0.39, 0.29) is 11.6 Å². The van der Waals surface area contributed by atoms with E-state index >= 15 is 0 Å². The molecule has 2 rings (SSSR count). The van der Waals surface area contributed by atoms with Crippen molar-refractivity contribution in [1.29, 1.82) is 0 Å². The van der Waals surface area contributed by atoms with Crippen molar-refractivity contribution in [3.05, 3.63) is 62.5 Å². The van der Waals surface area contributed by atoms with Crippen LogP contribution in [0.15, 0.2) is 41.3 Å². The third-order valence-corrected chi connectivity index (χ3v) is 3.75. The van der Waals surface area contributed by atoms with E-state index in [0.717, 1.165) is 11.3 Å². The number of anilines is 1. The van der Waals surface area contributed by atoms with Crippen molar-refractivity contribution in [3.63, 3.8) is 0 Å². The lowest BCUT2D eigenvalue weighted by molar-refractivity contribution is 0.840. The number of hydrogen-bond donors (Lipinski definition) is 1. The maximum absolute atomic E-state index is 11.3. The highest BCUT2D eigenvalue weighted by atomic mass is 35.5. The molecule has 1 heterocycles. The summed E-state index contributed by atoms with van der Waals surface area (Å²) in [6, 6.07) is 8.80. The third-order valence-electron chi connectivity index (χ3n) is 2.92. The SMILES string of the molecule is CC(Nc1ccc(=O)n(C)c1)c1cccc(Cl)c1Cl. The van der Waals surface area contributed by atoms with Gasteiger partial charge < -0.3 is 9.88 Å². The molecule has 1 N–H and O–H groups in total. The first-order chi connectivity index (χ1) is 8.99. The molecule has 0 aliphatic rings. The number of benzene rings is 1. The number of aryl methyl sites for hydroxylation is 1. The van der Waals surface area contributed by atoms with Crippen molar-refractivity contribution < 1.29 is 0 Å². The van der Waals surface area contributed by atoms with Crippen LogP contribution in [-0.2, 0) is 7.05 Å². The molecule has 2 aromatic rings. The summed E-state index contributed by atoms with van der Waals surface area (Å²) in [6.45, 7) is 1.99. The van der Waals surface area contributed by atoms with Crippen molar-refractivity contribution in [3.8, 4) is 0 Å². The number of rotatable bonds is 3. The maximum atomic E-state index is 11.3. The second-order valence-electron chi connectivity index (χ2n) is 4.38. The van der Waals surface area contributed by atoms with Crippen LogP contribution in [0.5, 0.6) is 0 Å². The molecule has 1 atom stereocenters. The normalized spacial score (nSPS) is 12.2. The maximum Gasteiger partial charge on any atom is 0.250 e. The van der Waals surface area contributed by atoms with E-state index in [1.165, 1.54) is 10.6 Å². The van der Waals surface area contributed by atoms with Crippen LogP contribution in [0, 0.1) is 0 Å². The van der Waals surface area contributed by atoms with Gasteiger partial charge in [0.05, 0.1) is 21.8 Å². The Balaban J connectivity index is 2.25. The summed E-state index contributed by atoms with van der Waals surface area (Å²) in [5.41, 5.74) is 1.73. The van der Waals surface area contributed by atoms with Crippen LogP contribution in [0.4, 0.5) is 5.69 Å². The number of aromatic nitrogens is 1. The van der Waals surface area contributed by atoms with Crippen LogP contribution in [0.2, 0.25) is 10.0 Å². The second kappa shape index (κ2) is 5.68. The Bertz CT molecular complexity index is 652. The predicted molar refractivity (Wildman–Crippen MR) is 80.2 cm³/mol. The van der Waals surface area contributed by atoms with Crippen LogP contribution in [0.1, 0.15) is 18.5 Å². The van der Waals surface area contributed by atoms with Crippen molar-refractivity contribution in [2.24, 2.45) is 7.05 Å².